The Morgan fingerprint density at radius 3 is 2.67 bits per heavy atom. The van der Waals surface area contributed by atoms with Crippen molar-refractivity contribution < 1.29 is 9.47 Å². The maximum atomic E-state index is 5.69. The van der Waals surface area contributed by atoms with E-state index < -0.39 is 5.79 Å². The second-order valence-electron chi connectivity index (χ2n) is 3.83. The molecule has 1 saturated heterocycles. The smallest absolute Gasteiger partial charge is 0.163 e. The van der Waals surface area contributed by atoms with E-state index >= 15 is 0 Å². The van der Waals surface area contributed by atoms with Crippen LogP contribution in [-0.4, -0.2) is 18.0 Å². The standard InChI is InChI=1S/C10H18O2/c1-5-6-9-7-8(2)11-10(3,4)12-9/h5,8-9H,1,6-7H2,2-4H3/t8-,9-/m1/s1. The minimum Gasteiger partial charge on any atom is -0.347 e. The van der Waals surface area contributed by atoms with Crippen LogP contribution >= 0.6 is 0 Å². The number of hydrogen-bond acceptors (Lipinski definition) is 2. The Morgan fingerprint density at radius 1 is 1.50 bits per heavy atom. The Bertz CT molecular complexity index is 163. The van der Waals surface area contributed by atoms with Gasteiger partial charge in [-0.2, -0.15) is 0 Å². The van der Waals surface area contributed by atoms with Crippen molar-refractivity contribution in [1.29, 1.82) is 0 Å². The summed E-state index contributed by atoms with van der Waals surface area (Å²) in [7, 11) is 0. The molecule has 0 bridgehead atoms. The second-order valence-corrected chi connectivity index (χ2v) is 3.83. The van der Waals surface area contributed by atoms with E-state index in [1.165, 1.54) is 0 Å². The van der Waals surface area contributed by atoms with Crippen molar-refractivity contribution in [3.8, 4) is 0 Å². The third kappa shape index (κ3) is 2.61. The van der Waals surface area contributed by atoms with Crippen molar-refractivity contribution in [2.45, 2.75) is 51.6 Å². The van der Waals surface area contributed by atoms with Crippen molar-refractivity contribution in [3.63, 3.8) is 0 Å². The first-order chi connectivity index (χ1) is 5.53. The van der Waals surface area contributed by atoms with E-state index in [1.807, 2.05) is 19.9 Å². The Hall–Kier alpha value is -0.340. The van der Waals surface area contributed by atoms with Gasteiger partial charge in [-0.05, 0) is 27.2 Å². The summed E-state index contributed by atoms with van der Waals surface area (Å²) in [5, 5.41) is 0. The summed E-state index contributed by atoms with van der Waals surface area (Å²) in [6.45, 7) is 9.70. The highest BCUT2D eigenvalue weighted by atomic mass is 16.7. The molecule has 1 aliphatic rings. The lowest BCUT2D eigenvalue weighted by atomic mass is 10.1. The molecule has 0 radical (unpaired) electrons. The molecule has 0 aromatic rings. The second kappa shape index (κ2) is 3.58. The quantitative estimate of drug-likeness (QED) is 0.593. The van der Waals surface area contributed by atoms with Gasteiger partial charge in [-0.25, -0.2) is 0 Å². The van der Waals surface area contributed by atoms with Crippen LogP contribution in [0.5, 0.6) is 0 Å². The molecular weight excluding hydrogens is 152 g/mol. The summed E-state index contributed by atoms with van der Waals surface area (Å²) in [5.74, 6) is -0.425. The third-order valence-electron chi connectivity index (χ3n) is 1.96. The fourth-order valence-electron chi connectivity index (χ4n) is 1.71. The van der Waals surface area contributed by atoms with Gasteiger partial charge in [0, 0.05) is 6.42 Å². The van der Waals surface area contributed by atoms with Gasteiger partial charge in [-0.1, -0.05) is 6.08 Å². The number of hydrogen-bond donors (Lipinski definition) is 0. The van der Waals surface area contributed by atoms with Crippen LogP contribution in [0.2, 0.25) is 0 Å². The van der Waals surface area contributed by atoms with Crippen molar-refractivity contribution >= 4 is 0 Å². The molecule has 0 unspecified atom stereocenters. The minimum absolute atomic E-state index is 0.279. The van der Waals surface area contributed by atoms with Gasteiger partial charge in [-0.15, -0.1) is 6.58 Å². The Labute approximate surface area is 74.6 Å². The first-order valence-electron chi connectivity index (χ1n) is 4.50. The van der Waals surface area contributed by atoms with Crippen LogP contribution in [-0.2, 0) is 9.47 Å². The largest absolute Gasteiger partial charge is 0.347 e. The molecule has 0 aromatic carbocycles. The van der Waals surface area contributed by atoms with Crippen LogP contribution in [0.4, 0.5) is 0 Å². The molecule has 0 aromatic heterocycles. The molecule has 0 spiro atoms. The number of ether oxygens (including phenoxy) is 2. The van der Waals surface area contributed by atoms with E-state index in [4.69, 9.17) is 9.47 Å². The molecule has 2 nitrogen and oxygen atoms in total. The van der Waals surface area contributed by atoms with Gasteiger partial charge in [-0.3, -0.25) is 0 Å². The molecule has 0 amide bonds. The van der Waals surface area contributed by atoms with Gasteiger partial charge in [0.25, 0.3) is 0 Å². The molecule has 1 heterocycles. The highest BCUT2D eigenvalue weighted by Crippen LogP contribution is 2.27. The normalized spacial score (nSPS) is 34.6. The van der Waals surface area contributed by atoms with Gasteiger partial charge < -0.3 is 9.47 Å². The van der Waals surface area contributed by atoms with Crippen molar-refractivity contribution in [3.05, 3.63) is 12.7 Å². The van der Waals surface area contributed by atoms with Crippen molar-refractivity contribution in [2.24, 2.45) is 0 Å². The first kappa shape index (κ1) is 9.75. The van der Waals surface area contributed by atoms with Crippen LogP contribution < -0.4 is 0 Å². The zero-order valence-electron chi connectivity index (χ0n) is 8.17. The Kier molecular flexibility index (Phi) is 2.91. The molecule has 1 fully saturated rings. The summed E-state index contributed by atoms with van der Waals surface area (Å²) >= 11 is 0. The minimum atomic E-state index is -0.425. The van der Waals surface area contributed by atoms with E-state index in [-0.39, 0.29) is 6.10 Å². The summed E-state index contributed by atoms with van der Waals surface area (Å²) in [5.41, 5.74) is 0. The molecule has 1 aliphatic heterocycles. The summed E-state index contributed by atoms with van der Waals surface area (Å²) in [6, 6.07) is 0. The fourth-order valence-corrected chi connectivity index (χ4v) is 1.71. The van der Waals surface area contributed by atoms with Gasteiger partial charge in [0.15, 0.2) is 5.79 Å². The molecule has 2 heteroatoms. The average molecular weight is 170 g/mol. The fraction of sp³-hybridized carbons (Fsp3) is 0.800. The summed E-state index contributed by atoms with van der Waals surface area (Å²) in [4.78, 5) is 0. The van der Waals surface area contributed by atoms with Crippen LogP contribution in [0.25, 0.3) is 0 Å². The predicted molar refractivity (Wildman–Crippen MR) is 48.9 cm³/mol. The van der Waals surface area contributed by atoms with Gasteiger partial charge in [0.1, 0.15) is 0 Å². The van der Waals surface area contributed by atoms with E-state index in [0.717, 1.165) is 12.8 Å². The van der Waals surface area contributed by atoms with Crippen LogP contribution in [0.3, 0.4) is 0 Å². The van der Waals surface area contributed by atoms with E-state index in [0.29, 0.717) is 6.10 Å². The first-order valence-corrected chi connectivity index (χ1v) is 4.50. The molecule has 70 valence electrons. The summed E-state index contributed by atoms with van der Waals surface area (Å²) in [6.07, 6.45) is 4.35. The average Bonchev–Trinajstić information content (AvgIpc) is 1.82. The van der Waals surface area contributed by atoms with Gasteiger partial charge in [0.05, 0.1) is 12.2 Å². The molecule has 0 saturated carbocycles. The molecule has 12 heavy (non-hydrogen) atoms. The summed E-state index contributed by atoms with van der Waals surface area (Å²) < 4.78 is 11.3. The highest BCUT2D eigenvalue weighted by Gasteiger charge is 2.32. The predicted octanol–water partition coefficient (Wildman–Crippen LogP) is 2.49. The maximum Gasteiger partial charge on any atom is 0.163 e. The monoisotopic (exact) mass is 170 g/mol. The Morgan fingerprint density at radius 2 is 2.17 bits per heavy atom. The number of rotatable bonds is 2. The van der Waals surface area contributed by atoms with Crippen molar-refractivity contribution in [1.82, 2.24) is 0 Å². The highest BCUT2D eigenvalue weighted by molar-refractivity contribution is 4.80. The van der Waals surface area contributed by atoms with E-state index in [2.05, 4.69) is 13.5 Å². The van der Waals surface area contributed by atoms with Gasteiger partial charge >= 0.3 is 0 Å². The van der Waals surface area contributed by atoms with Gasteiger partial charge in [0.2, 0.25) is 0 Å². The van der Waals surface area contributed by atoms with Crippen LogP contribution in [0.1, 0.15) is 33.6 Å². The molecule has 1 rings (SSSR count). The molecule has 2 atom stereocenters. The zero-order chi connectivity index (χ0) is 9.19. The Balaban J connectivity index is 2.51. The maximum absolute atomic E-state index is 5.69. The van der Waals surface area contributed by atoms with E-state index in [1.54, 1.807) is 0 Å². The van der Waals surface area contributed by atoms with Crippen LogP contribution in [0, 0.1) is 0 Å². The molecule has 0 N–H and O–H groups in total. The van der Waals surface area contributed by atoms with E-state index in [9.17, 15) is 0 Å². The zero-order valence-corrected chi connectivity index (χ0v) is 8.17. The third-order valence-corrected chi connectivity index (χ3v) is 1.96. The SMILES string of the molecule is C=CC[C@@H]1C[C@@H](C)OC(C)(C)O1. The van der Waals surface area contributed by atoms with Crippen LogP contribution in [0.15, 0.2) is 12.7 Å². The lowest BCUT2D eigenvalue weighted by Crippen LogP contribution is -2.43. The molecular formula is C10H18O2. The topological polar surface area (TPSA) is 18.5 Å². The molecule has 0 aliphatic carbocycles. The lowest BCUT2D eigenvalue weighted by Gasteiger charge is -2.39. The lowest BCUT2D eigenvalue weighted by molar-refractivity contribution is -0.295. The van der Waals surface area contributed by atoms with Crippen molar-refractivity contribution in [2.75, 3.05) is 0 Å².